The van der Waals surface area contributed by atoms with Crippen LogP contribution in [-0.4, -0.2) is 91.9 Å². The number of fused-ring (bicyclic) bond motifs is 5. The van der Waals surface area contributed by atoms with Crippen LogP contribution >= 0.6 is 0 Å². The number of benzene rings is 14. The van der Waals surface area contributed by atoms with Crippen LogP contribution in [0.1, 0.15) is 200 Å². The lowest BCUT2D eigenvalue weighted by Gasteiger charge is -2.36. The van der Waals surface area contributed by atoms with Gasteiger partial charge in [-0.05, 0) is 211 Å². The summed E-state index contributed by atoms with van der Waals surface area (Å²) in [6.07, 6.45) is -3.36. The predicted molar refractivity (Wildman–Crippen MR) is 434 cm³/mol. The Labute approximate surface area is 678 Å². The Kier molecular flexibility index (Phi) is 16.7. The Morgan fingerprint density at radius 1 is 0.210 bits per heavy atom. The summed E-state index contributed by atoms with van der Waals surface area (Å²) in [6, 6.07) is 64.1. The van der Waals surface area contributed by atoms with Crippen molar-refractivity contribution in [1.29, 1.82) is 0 Å². The zero-order chi connectivity index (χ0) is 82.2. The minimum Gasteiger partial charge on any atom is -0.508 e. The first-order chi connectivity index (χ1) is 57.4. The average Bonchev–Trinajstić information content (AvgIpc) is 1.50. The van der Waals surface area contributed by atoms with E-state index in [2.05, 4.69) is 0 Å². The Morgan fingerprint density at radius 2 is 0.546 bits per heavy atom. The SMILES string of the molecule is Oc1ccc([C@H]2c3c(O)cc(O)cc3[C@H]3c4c(c([C@H](c5ccc(O)cc5)[C@@H]5c6cc(O)cc(O)c6[C@H](c6ccc(O)cc6)[C@@H]5c5cc(O)cc6c5[C@H](c5cc(O)cc(O)c5)[C@H](c5ccc(O)cc5)O6)c(O)c5c4[C@H]2[C@H](c2ccc(O)cc2)[C@@H]5c2cc(O)cc4c2[C@@H](c2cc(O)cc(O)c2)[C@H](c2ccc(O)cc2)O4)O[C@@H]3c2ccc(O)cc2)cc1. The second kappa shape index (κ2) is 27.3. The van der Waals surface area contributed by atoms with E-state index in [0.717, 1.165) is 0 Å². The van der Waals surface area contributed by atoms with E-state index in [9.17, 15) is 86.8 Å². The van der Waals surface area contributed by atoms with Crippen LogP contribution < -0.4 is 14.2 Å². The largest absolute Gasteiger partial charge is 0.508 e. The lowest BCUT2D eigenvalue weighted by molar-refractivity contribution is 0.218. The number of rotatable bonds is 13. The van der Waals surface area contributed by atoms with Crippen molar-refractivity contribution in [3.8, 4) is 121 Å². The summed E-state index contributed by atoms with van der Waals surface area (Å²) < 4.78 is 22.2. The Balaban J connectivity index is 0.968. The van der Waals surface area contributed by atoms with E-state index in [4.69, 9.17) is 14.2 Å². The summed E-state index contributed by atoms with van der Waals surface area (Å²) >= 11 is 0. The zero-order valence-electron chi connectivity index (χ0n) is 62.6. The summed E-state index contributed by atoms with van der Waals surface area (Å²) in [4.78, 5) is 0. The molecular weight excluding hydrogens is 1510 g/mol. The molecule has 14 aromatic rings. The normalized spacial score (nSPS) is 22.1. The fourth-order valence-corrected chi connectivity index (χ4v) is 21.0. The van der Waals surface area contributed by atoms with E-state index in [1.165, 1.54) is 152 Å². The molecule has 18 N–H and O–H groups in total. The summed E-state index contributed by atoms with van der Waals surface area (Å²) in [7, 11) is 0. The highest BCUT2D eigenvalue weighted by Gasteiger charge is 2.61. The summed E-state index contributed by atoms with van der Waals surface area (Å²) in [5.41, 5.74) is 7.42. The van der Waals surface area contributed by atoms with Gasteiger partial charge in [0.1, 0.15) is 139 Å². The van der Waals surface area contributed by atoms with Crippen LogP contribution in [0.3, 0.4) is 0 Å². The van der Waals surface area contributed by atoms with E-state index in [1.54, 1.807) is 103 Å². The molecule has 3 aliphatic carbocycles. The number of phenols is 18. The second-order valence-electron chi connectivity index (χ2n) is 31.9. The molecule has 21 heteroatoms. The number of hydrogen-bond donors (Lipinski definition) is 18. The van der Waals surface area contributed by atoms with Crippen molar-refractivity contribution >= 4 is 0 Å². The van der Waals surface area contributed by atoms with E-state index in [-0.39, 0.29) is 131 Å². The molecule has 0 saturated carbocycles. The van der Waals surface area contributed by atoms with Crippen LogP contribution in [0.4, 0.5) is 0 Å². The average molecular weight is 1590 g/mol. The maximum Gasteiger partial charge on any atom is 0.135 e. The number of phenolic OH excluding ortho intramolecular Hbond substituents is 18. The molecule has 0 spiro atoms. The number of ether oxygens (including phenoxy) is 3. The van der Waals surface area contributed by atoms with Crippen molar-refractivity contribution in [1.82, 2.24) is 0 Å². The maximum atomic E-state index is 15.8. The van der Waals surface area contributed by atoms with Crippen molar-refractivity contribution < 1.29 is 106 Å². The topological polar surface area (TPSA) is 392 Å². The molecule has 3 heterocycles. The predicted octanol–water partition coefficient (Wildman–Crippen LogP) is 18.2. The third-order valence-corrected chi connectivity index (χ3v) is 25.3. The fraction of sp³-hybridized carbons (Fsp3) is 0.143. The van der Waals surface area contributed by atoms with Crippen molar-refractivity contribution in [3.63, 3.8) is 0 Å². The molecule has 14 aromatic carbocycles. The molecule has 21 nitrogen and oxygen atoms in total. The van der Waals surface area contributed by atoms with Crippen molar-refractivity contribution in [2.45, 2.75) is 83.4 Å². The van der Waals surface area contributed by atoms with Crippen LogP contribution in [0.5, 0.6) is 121 Å². The molecule has 14 atom stereocenters. The van der Waals surface area contributed by atoms with E-state index in [0.29, 0.717) is 89.0 Å². The monoisotopic (exact) mass is 1590 g/mol. The van der Waals surface area contributed by atoms with E-state index in [1.807, 2.05) is 0 Å². The van der Waals surface area contributed by atoms with Gasteiger partial charge in [-0.1, -0.05) is 84.9 Å². The van der Waals surface area contributed by atoms with Crippen molar-refractivity contribution in [3.05, 3.63) is 372 Å². The molecule has 0 bridgehead atoms. The molecule has 3 aliphatic heterocycles. The molecule has 6 aliphatic rings. The molecule has 0 amide bonds. The molecule has 0 radical (unpaired) electrons. The van der Waals surface area contributed by atoms with Crippen molar-refractivity contribution in [2.75, 3.05) is 0 Å². The molecular formula is C98H74O21. The Hall–Kier alpha value is -15.1. The van der Waals surface area contributed by atoms with Crippen LogP contribution in [-0.2, 0) is 0 Å². The minimum absolute atomic E-state index is 0.0175. The Bertz CT molecular complexity index is 6410. The van der Waals surface area contributed by atoms with Gasteiger partial charge in [0.05, 0.1) is 17.8 Å². The van der Waals surface area contributed by atoms with Crippen molar-refractivity contribution in [2.24, 2.45) is 0 Å². The van der Waals surface area contributed by atoms with Gasteiger partial charge in [0.2, 0.25) is 0 Å². The molecule has 0 saturated heterocycles. The van der Waals surface area contributed by atoms with Gasteiger partial charge in [-0.2, -0.15) is 0 Å². The lowest BCUT2D eigenvalue weighted by Crippen LogP contribution is -2.22. The first-order valence-electron chi connectivity index (χ1n) is 38.7. The highest BCUT2D eigenvalue weighted by atomic mass is 16.5. The smallest absolute Gasteiger partial charge is 0.135 e. The minimum atomic E-state index is -1.45. The molecule has 20 rings (SSSR count). The second-order valence-corrected chi connectivity index (χ2v) is 31.9. The molecule has 592 valence electrons. The molecule has 0 aromatic heterocycles. The molecule has 0 unspecified atom stereocenters. The molecule has 119 heavy (non-hydrogen) atoms. The third kappa shape index (κ3) is 11.7. The highest BCUT2D eigenvalue weighted by molar-refractivity contribution is 5.79. The van der Waals surface area contributed by atoms with Gasteiger partial charge in [0.15, 0.2) is 0 Å². The van der Waals surface area contributed by atoms with Gasteiger partial charge in [0.25, 0.3) is 0 Å². The third-order valence-electron chi connectivity index (χ3n) is 25.3. The van der Waals surface area contributed by atoms with Crippen LogP contribution in [0.25, 0.3) is 0 Å². The zero-order valence-corrected chi connectivity index (χ0v) is 62.6. The maximum absolute atomic E-state index is 15.8. The van der Waals surface area contributed by atoms with E-state index < -0.39 is 101 Å². The van der Waals surface area contributed by atoms with Gasteiger partial charge in [-0.3, -0.25) is 0 Å². The van der Waals surface area contributed by atoms with Gasteiger partial charge in [-0.15, -0.1) is 0 Å². The Morgan fingerprint density at radius 3 is 0.983 bits per heavy atom. The lowest BCUT2D eigenvalue weighted by atomic mass is 9.66. The van der Waals surface area contributed by atoms with Crippen LogP contribution in [0.2, 0.25) is 0 Å². The highest BCUT2D eigenvalue weighted by Crippen LogP contribution is 2.76. The van der Waals surface area contributed by atoms with Gasteiger partial charge < -0.3 is 106 Å². The van der Waals surface area contributed by atoms with Gasteiger partial charge in [-0.25, -0.2) is 0 Å². The first-order valence-corrected chi connectivity index (χ1v) is 38.7. The molecule has 0 fully saturated rings. The fourth-order valence-electron chi connectivity index (χ4n) is 21.0. The summed E-state index contributed by atoms with van der Waals surface area (Å²) in [5, 5.41) is 218. The van der Waals surface area contributed by atoms with Gasteiger partial charge >= 0.3 is 0 Å². The van der Waals surface area contributed by atoms with E-state index >= 15 is 5.11 Å². The first kappa shape index (κ1) is 72.8. The summed E-state index contributed by atoms with van der Waals surface area (Å²) in [5.74, 6) is -17.4. The van der Waals surface area contributed by atoms with Crippen LogP contribution in [0, 0.1) is 0 Å². The number of hydrogen-bond acceptors (Lipinski definition) is 21. The standard InChI is InChI=1S/C98H74O21/c99-52-15-1-43(2-16-52)75-81-67(35-63(110)39-71(81)114)85(86(75)69-37-65(112)41-73-83(69)79(50-29-59(106)33-60(107)30-50)95(117-73)47-9-23-56(103)24-10-47)78(46-7-21-55(102)22-8-46)93-94(116)91-87(70-38-66(113)42-74-84(70)80(51-31-61(108)34-62(109)32-51)96(118-74)48-11-25-57(104)26-12-48)77(45-5-19-54(101)20-6-45)89-76(44-3-17-53(100)18-4-44)82-68(36-64(111)40-72(82)115)88-92(90(89)91)98(93)119-97(88)49-13-27-58(105)28-14-49/h1-42,75-80,85-89,95-97,99-116H/t75-,76-,77+,78+,79-,80+,85-,86-,87-,88-,89+,95-,96-,97+/m0/s1. The summed E-state index contributed by atoms with van der Waals surface area (Å²) in [6.45, 7) is 0. The quantitative estimate of drug-likeness (QED) is 0.0510. The van der Waals surface area contributed by atoms with Gasteiger partial charge in [0, 0.05) is 123 Å². The number of aromatic hydroxyl groups is 18. The van der Waals surface area contributed by atoms with Crippen LogP contribution in [0.15, 0.2) is 255 Å².